The van der Waals surface area contributed by atoms with Crippen LogP contribution in [0.3, 0.4) is 0 Å². The summed E-state index contributed by atoms with van der Waals surface area (Å²) in [5.74, 6) is 0.219. The number of halogens is 1. The lowest BCUT2D eigenvalue weighted by Crippen LogP contribution is -2.52. The van der Waals surface area contributed by atoms with Gasteiger partial charge in [-0.15, -0.1) is 0 Å². The Hall–Kier alpha value is -1.13. The van der Waals surface area contributed by atoms with Crippen molar-refractivity contribution in [3.05, 3.63) is 29.6 Å². The second kappa shape index (κ2) is 4.46. The highest BCUT2D eigenvalue weighted by molar-refractivity contribution is 5.42. The SMILES string of the molecule is NCC1(O)CC2(CCCCC2)Oc2ccc(F)cc21. The normalized spacial score (nSPS) is 28.8. The van der Waals surface area contributed by atoms with Crippen LogP contribution in [0.5, 0.6) is 5.75 Å². The molecule has 2 aliphatic rings. The first-order valence-electron chi connectivity index (χ1n) is 6.98. The average Bonchev–Trinajstić information content (AvgIpc) is 2.41. The Kier molecular flexibility index (Phi) is 3.02. The molecule has 1 unspecified atom stereocenters. The summed E-state index contributed by atoms with van der Waals surface area (Å²) in [4.78, 5) is 0. The van der Waals surface area contributed by atoms with Gasteiger partial charge in [0.1, 0.15) is 22.8 Å². The van der Waals surface area contributed by atoms with Gasteiger partial charge in [-0.1, -0.05) is 6.42 Å². The van der Waals surface area contributed by atoms with Crippen LogP contribution >= 0.6 is 0 Å². The summed E-state index contributed by atoms with van der Waals surface area (Å²) < 4.78 is 19.5. The van der Waals surface area contributed by atoms with Gasteiger partial charge in [-0.25, -0.2) is 4.39 Å². The minimum absolute atomic E-state index is 0.0918. The molecule has 1 aliphatic carbocycles. The lowest BCUT2D eigenvalue weighted by molar-refractivity contribution is -0.0896. The molecule has 0 amide bonds. The van der Waals surface area contributed by atoms with E-state index in [9.17, 15) is 9.50 Å². The molecule has 3 nitrogen and oxygen atoms in total. The fourth-order valence-electron chi connectivity index (χ4n) is 3.51. The van der Waals surface area contributed by atoms with E-state index in [1.165, 1.54) is 18.6 Å². The van der Waals surface area contributed by atoms with Gasteiger partial charge in [0, 0.05) is 18.5 Å². The van der Waals surface area contributed by atoms with E-state index in [0.717, 1.165) is 25.7 Å². The summed E-state index contributed by atoms with van der Waals surface area (Å²) in [7, 11) is 0. The van der Waals surface area contributed by atoms with Gasteiger partial charge in [0.05, 0.1) is 0 Å². The second-order valence-electron chi connectivity index (χ2n) is 5.90. The van der Waals surface area contributed by atoms with Gasteiger partial charge in [0.15, 0.2) is 0 Å². The summed E-state index contributed by atoms with van der Waals surface area (Å²) in [5.41, 5.74) is 4.76. The summed E-state index contributed by atoms with van der Waals surface area (Å²) in [6.45, 7) is 0.0918. The molecule has 1 fully saturated rings. The van der Waals surface area contributed by atoms with Crippen molar-refractivity contribution in [1.29, 1.82) is 0 Å². The molecule has 1 spiro atoms. The predicted octanol–water partition coefficient (Wildman–Crippen LogP) is 2.46. The van der Waals surface area contributed by atoms with Crippen LogP contribution in [-0.2, 0) is 5.60 Å². The van der Waals surface area contributed by atoms with E-state index < -0.39 is 5.60 Å². The number of hydrogen-bond acceptors (Lipinski definition) is 3. The lowest BCUT2D eigenvalue weighted by Gasteiger charge is -2.47. The molecule has 1 aromatic rings. The minimum Gasteiger partial charge on any atom is -0.487 e. The Morgan fingerprint density at radius 1 is 1.26 bits per heavy atom. The van der Waals surface area contributed by atoms with Gasteiger partial charge >= 0.3 is 0 Å². The molecule has 0 radical (unpaired) electrons. The summed E-state index contributed by atoms with van der Waals surface area (Å²) in [6.07, 6.45) is 5.77. The Bertz CT molecular complexity index is 485. The maximum absolute atomic E-state index is 13.4. The van der Waals surface area contributed by atoms with E-state index in [2.05, 4.69) is 0 Å². The van der Waals surface area contributed by atoms with Crippen molar-refractivity contribution in [2.75, 3.05) is 6.54 Å². The zero-order chi connectivity index (χ0) is 13.5. The number of nitrogens with two attached hydrogens (primary N) is 1. The molecule has 3 N–H and O–H groups in total. The van der Waals surface area contributed by atoms with E-state index >= 15 is 0 Å². The third-order valence-electron chi connectivity index (χ3n) is 4.49. The molecule has 1 aliphatic heterocycles. The van der Waals surface area contributed by atoms with Gasteiger partial charge in [-0.2, -0.15) is 0 Å². The van der Waals surface area contributed by atoms with Crippen LogP contribution in [-0.4, -0.2) is 17.3 Å². The van der Waals surface area contributed by atoms with Gasteiger partial charge in [0.25, 0.3) is 0 Å². The van der Waals surface area contributed by atoms with Gasteiger partial charge in [-0.05, 0) is 43.9 Å². The molecule has 0 bridgehead atoms. The first-order chi connectivity index (χ1) is 9.07. The third kappa shape index (κ3) is 2.13. The Morgan fingerprint density at radius 3 is 2.68 bits per heavy atom. The van der Waals surface area contributed by atoms with E-state index in [1.807, 2.05) is 0 Å². The zero-order valence-electron chi connectivity index (χ0n) is 11.0. The van der Waals surface area contributed by atoms with Crippen molar-refractivity contribution < 1.29 is 14.2 Å². The molecule has 1 aromatic carbocycles. The first-order valence-corrected chi connectivity index (χ1v) is 6.98. The highest BCUT2D eigenvalue weighted by Crippen LogP contribution is 2.48. The quantitative estimate of drug-likeness (QED) is 0.820. The molecule has 1 atom stereocenters. The Morgan fingerprint density at radius 2 is 2.00 bits per heavy atom. The van der Waals surface area contributed by atoms with Crippen molar-refractivity contribution in [3.8, 4) is 5.75 Å². The number of rotatable bonds is 1. The predicted molar refractivity (Wildman–Crippen MR) is 70.4 cm³/mol. The Balaban J connectivity index is 2.04. The van der Waals surface area contributed by atoms with Crippen molar-refractivity contribution in [1.82, 2.24) is 0 Å². The highest BCUT2D eigenvalue weighted by Gasteiger charge is 2.48. The number of hydrogen-bond donors (Lipinski definition) is 2. The third-order valence-corrected chi connectivity index (χ3v) is 4.49. The zero-order valence-corrected chi connectivity index (χ0v) is 11.0. The molecule has 3 rings (SSSR count). The molecular weight excluding hydrogens is 245 g/mol. The molecule has 4 heteroatoms. The van der Waals surface area contributed by atoms with E-state index in [-0.39, 0.29) is 18.0 Å². The minimum atomic E-state index is -1.17. The average molecular weight is 265 g/mol. The first kappa shape index (κ1) is 12.9. The second-order valence-corrected chi connectivity index (χ2v) is 5.90. The fraction of sp³-hybridized carbons (Fsp3) is 0.600. The monoisotopic (exact) mass is 265 g/mol. The van der Waals surface area contributed by atoms with Crippen LogP contribution in [0.1, 0.15) is 44.1 Å². The van der Waals surface area contributed by atoms with E-state index in [0.29, 0.717) is 17.7 Å². The molecule has 1 heterocycles. The molecule has 1 saturated carbocycles. The molecule has 19 heavy (non-hydrogen) atoms. The summed E-state index contributed by atoms with van der Waals surface area (Å²) in [6, 6.07) is 4.33. The largest absolute Gasteiger partial charge is 0.487 e. The number of ether oxygens (including phenoxy) is 1. The molecule has 0 aromatic heterocycles. The van der Waals surface area contributed by atoms with Crippen LogP contribution in [0.4, 0.5) is 4.39 Å². The van der Waals surface area contributed by atoms with Crippen LogP contribution in [0.2, 0.25) is 0 Å². The van der Waals surface area contributed by atoms with Crippen LogP contribution < -0.4 is 10.5 Å². The van der Waals surface area contributed by atoms with Crippen LogP contribution in [0.25, 0.3) is 0 Å². The standard InChI is InChI=1S/C15H20FNO2/c16-11-4-5-13-12(8-11)15(18,10-17)9-14(19-13)6-2-1-3-7-14/h4-5,8,18H,1-3,6-7,9-10,17H2. The van der Waals surface area contributed by atoms with Crippen LogP contribution in [0.15, 0.2) is 18.2 Å². The van der Waals surface area contributed by atoms with Gasteiger partial charge < -0.3 is 15.6 Å². The highest BCUT2D eigenvalue weighted by atomic mass is 19.1. The fourth-order valence-corrected chi connectivity index (χ4v) is 3.51. The number of fused-ring (bicyclic) bond motifs is 1. The van der Waals surface area contributed by atoms with Crippen molar-refractivity contribution in [2.24, 2.45) is 5.73 Å². The lowest BCUT2D eigenvalue weighted by atomic mass is 9.72. The summed E-state index contributed by atoms with van der Waals surface area (Å²) in [5, 5.41) is 10.8. The molecular formula is C15H20FNO2. The Labute approximate surface area is 112 Å². The van der Waals surface area contributed by atoms with E-state index in [1.54, 1.807) is 6.07 Å². The molecule has 104 valence electrons. The number of benzene rings is 1. The van der Waals surface area contributed by atoms with Gasteiger partial charge in [0.2, 0.25) is 0 Å². The molecule has 0 saturated heterocycles. The van der Waals surface area contributed by atoms with Crippen molar-refractivity contribution in [2.45, 2.75) is 49.7 Å². The summed E-state index contributed by atoms with van der Waals surface area (Å²) >= 11 is 0. The number of aliphatic hydroxyl groups is 1. The van der Waals surface area contributed by atoms with Crippen molar-refractivity contribution in [3.63, 3.8) is 0 Å². The van der Waals surface area contributed by atoms with E-state index in [4.69, 9.17) is 10.5 Å². The smallest absolute Gasteiger partial charge is 0.126 e. The maximum Gasteiger partial charge on any atom is 0.126 e. The van der Waals surface area contributed by atoms with Crippen LogP contribution in [0, 0.1) is 5.82 Å². The topological polar surface area (TPSA) is 55.5 Å². The van der Waals surface area contributed by atoms with Crippen molar-refractivity contribution >= 4 is 0 Å². The van der Waals surface area contributed by atoms with Gasteiger partial charge in [-0.3, -0.25) is 0 Å². The maximum atomic E-state index is 13.4.